The third kappa shape index (κ3) is 2.73. The molecule has 0 aromatic rings. The molecule has 2 unspecified atom stereocenters. The first-order valence-corrected chi connectivity index (χ1v) is 2.52. The van der Waals surface area contributed by atoms with Crippen LogP contribution in [0.4, 0.5) is 0 Å². The van der Waals surface area contributed by atoms with Gasteiger partial charge in [-0.1, -0.05) is 0 Å². The third-order valence-electron chi connectivity index (χ3n) is 0.941. The number of aliphatic hydroxyl groups is 4. The van der Waals surface area contributed by atoms with Crippen molar-refractivity contribution in [2.75, 3.05) is 6.54 Å². The Kier molecular flexibility index (Phi) is 3.67. The lowest BCUT2D eigenvalue weighted by molar-refractivity contribution is -0.155. The Balaban J connectivity index is 3.58. The summed E-state index contributed by atoms with van der Waals surface area (Å²) in [6.07, 6.45) is -4.77. The predicted octanol–water partition coefficient (Wildman–Crippen LogP) is -3.02. The number of nitrogens with two attached hydrogens (primary N) is 1. The van der Waals surface area contributed by atoms with E-state index in [4.69, 9.17) is 26.2 Å². The summed E-state index contributed by atoms with van der Waals surface area (Å²) in [6, 6.07) is 0. The van der Waals surface area contributed by atoms with Crippen LogP contribution in [0.25, 0.3) is 0 Å². The van der Waals surface area contributed by atoms with Crippen molar-refractivity contribution >= 4 is 0 Å². The summed E-state index contributed by atoms with van der Waals surface area (Å²) in [6.45, 7) is -0.196. The van der Waals surface area contributed by atoms with Crippen LogP contribution in [-0.2, 0) is 0 Å². The van der Waals surface area contributed by atoms with E-state index in [0.717, 1.165) is 0 Å². The van der Waals surface area contributed by atoms with E-state index < -0.39 is 18.5 Å². The minimum absolute atomic E-state index is 0.196. The zero-order valence-electron chi connectivity index (χ0n) is 4.81. The van der Waals surface area contributed by atoms with Gasteiger partial charge in [-0.2, -0.15) is 0 Å². The van der Waals surface area contributed by atoms with E-state index in [1.807, 2.05) is 0 Å². The van der Waals surface area contributed by atoms with Crippen molar-refractivity contribution in [1.29, 1.82) is 0 Å². The molecule has 0 spiro atoms. The van der Waals surface area contributed by atoms with Crippen molar-refractivity contribution in [3.05, 3.63) is 0 Å². The molecule has 0 aromatic carbocycles. The van der Waals surface area contributed by atoms with E-state index in [1.54, 1.807) is 0 Å². The molecular weight excluding hydrogens is 126 g/mol. The molecule has 0 aliphatic rings. The van der Waals surface area contributed by atoms with E-state index in [0.29, 0.717) is 0 Å². The highest BCUT2D eigenvalue weighted by Gasteiger charge is 2.20. The van der Waals surface area contributed by atoms with Gasteiger partial charge in [0.15, 0.2) is 6.29 Å². The molecule has 5 heteroatoms. The van der Waals surface area contributed by atoms with E-state index in [-0.39, 0.29) is 6.54 Å². The van der Waals surface area contributed by atoms with Crippen LogP contribution in [-0.4, -0.2) is 45.5 Å². The Morgan fingerprint density at radius 1 is 1.11 bits per heavy atom. The van der Waals surface area contributed by atoms with Crippen LogP contribution >= 0.6 is 0 Å². The van der Waals surface area contributed by atoms with Crippen LogP contribution in [0.2, 0.25) is 0 Å². The molecule has 9 heavy (non-hydrogen) atoms. The van der Waals surface area contributed by atoms with Gasteiger partial charge in [0.25, 0.3) is 0 Å². The summed E-state index contributed by atoms with van der Waals surface area (Å²) in [5, 5.41) is 33.6. The van der Waals surface area contributed by atoms with Gasteiger partial charge in [-0.3, -0.25) is 0 Å². The average Bonchev–Trinajstić information content (AvgIpc) is 1.84. The second kappa shape index (κ2) is 3.76. The van der Waals surface area contributed by atoms with Gasteiger partial charge in [0, 0.05) is 6.54 Å². The molecule has 0 aliphatic carbocycles. The van der Waals surface area contributed by atoms with Gasteiger partial charge >= 0.3 is 0 Å². The van der Waals surface area contributed by atoms with Gasteiger partial charge < -0.3 is 26.2 Å². The molecule has 0 aliphatic heterocycles. The second-order valence-corrected chi connectivity index (χ2v) is 1.71. The molecule has 2 atom stereocenters. The Morgan fingerprint density at radius 2 is 1.56 bits per heavy atom. The summed E-state index contributed by atoms with van der Waals surface area (Å²) in [7, 11) is 0. The quantitative estimate of drug-likeness (QED) is 0.266. The first-order valence-electron chi connectivity index (χ1n) is 2.52. The summed E-state index contributed by atoms with van der Waals surface area (Å²) >= 11 is 0. The van der Waals surface area contributed by atoms with Crippen LogP contribution in [0.15, 0.2) is 0 Å². The molecule has 0 amide bonds. The molecule has 0 aromatic heterocycles. The summed E-state index contributed by atoms with van der Waals surface area (Å²) < 4.78 is 0. The molecular formula is C4H11NO4. The summed E-state index contributed by atoms with van der Waals surface area (Å²) in [4.78, 5) is 0. The van der Waals surface area contributed by atoms with E-state index >= 15 is 0 Å². The number of hydrogen-bond acceptors (Lipinski definition) is 5. The molecule has 56 valence electrons. The number of aliphatic hydroxyl groups excluding tert-OH is 3. The van der Waals surface area contributed by atoms with Crippen molar-refractivity contribution in [3.63, 3.8) is 0 Å². The topological polar surface area (TPSA) is 107 Å². The highest BCUT2D eigenvalue weighted by molar-refractivity contribution is 4.68. The largest absolute Gasteiger partial charge is 0.389 e. The lowest BCUT2D eigenvalue weighted by Crippen LogP contribution is -2.41. The van der Waals surface area contributed by atoms with Crippen molar-refractivity contribution in [2.24, 2.45) is 5.73 Å². The average molecular weight is 137 g/mol. The molecule has 0 fully saturated rings. The fourth-order valence-electron chi connectivity index (χ4n) is 0.338. The monoisotopic (exact) mass is 137 g/mol. The van der Waals surface area contributed by atoms with Crippen LogP contribution in [0.5, 0.6) is 0 Å². The zero-order valence-corrected chi connectivity index (χ0v) is 4.81. The van der Waals surface area contributed by atoms with Gasteiger partial charge in [0.05, 0.1) is 6.10 Å². The Hall–Kier alpha value is -0.200. The van der Waals surface area contributed by atoms with Gasteiger partial charge in [0.1, 0.15) is 6.10 Å². The molecule has 0 heterocycles. The normalized spacial score (nSPS) is 18.0. The molecule has 0 saturated carbocycles. The van der Waals surface area contributed by atoms with Crippen molar-refractivity contribution in [1.82, 2.24) is 0 Å². The molecule has 0 rings (SSSR count). The predicted molar refractivity (Wildman–Crippen MR) is 29.3 cm³/mol. The van der Waals surface area contributed by atoms with Gasteiger partial charge in [-0.05, 0) is 0 Å². The number of rotatable bonds is 3. The van der Waals surface area contributed by atoms with Gasteiger partial charge in [0.2, 0.25) is 0 Å². The smallest absolute Gasteiger partial charge is 0.180 e. The van der Waals surface area contributed by atoms with E-state index in [9.17, 15) is 0 Å². The second-order valence-electron chi connectivity index (χ2n) is 1.71. The first kappa shape index (κ1) is 8.80. The molecule has 0 radical (unpaired) electrons. The van der Waals surface area contributed by atoms with Crippen molar-refractivity contribution in [3.8, 4) is 0 Å². The highest BCUT2D eigenvalue weighted by atomic mass is 16.5. The summed E-state index contributed by atoms with van der Waals surface area (Å²) in [5.74, 6) is 0. The fraction of sp³-hybridized carbons (Fsp3) is 1.00. The van der Waals surface area contributed by atoms with Crippen LogP contribution in [0, 0.1) is 0 Å². The maximum absolute atomic E-state index is 8.60. The molecule has 0 saturated heterocycles. The standard InChI is InChI=1S/C4H11NO4/c5-1-2(6)3(7)4(8)9/h2-4,6-9H,1,5H2. The molecule has 6 N–H and O–H groups in total. The van der Waals surface area contributed by atoms with Gasteiger partial charge in [-0.15, -0.1) is 0 Å². The lowest BCUT2D eigenvalue weighted by atomic mass is 10.2. The minimum Gasteiger partial charge on any atom is -0.389 e. The first-order chi connectivity index (χ1) is 4.09. The zero-order chi connectivity index (χ0) is 7.44. The molecule has 5 nitrogen and oxygen atoms in total. The minimum atomic E-state index is -1.93. The highest BCUT2D eigenvalue weighted by Crippen LogP contribution is 1.94. The Morgan fingerprint density at radius 3 is 1.67 bits per heavy atom. The maximum atomic E-state index is 8.60. The number of hydrogen-bond donors (Lipinski definition) is 5. The van der Waals surface area contributed by atoms with E-state index in [1.165, 1.54) is 0 Å². The third-order valence-corrected chi connectivity index (χ3v) is 0.941. The molecule has 0 bridgehead atoms. The Bertz CT molecular complexity index is 77.0. The van der Waals surface area contributed by atoms with Gasteiger partial charge in [-0.25, -0.2) is 0 Å². The SMILES string of the molecule is NCC(O)C(O)C(O)O. The van der Waals surface area contributed by atoms with Crippen LogP contribution < -0.4 is 5.73 Å². The van der Waals surface area contributed by atoms with Crippen molar-refractivity contribution in [2.45, 2.75) is 18.5 Å². The lowest BCUT2D eigenvalue weighted by Gasteiger charge is -2.16. The van der Waals surface area contributed by atoms with Crippen LogP contribution in [0.3, 0.4) is 0 Å². The van der Waals surface area contributed by atoms with Crippen LogP contribution in [0.1, 0.15) is 0 Å². The van der Waals surface area contributed by atoms with E-state index in [2.05, 4.69) is 0 Å². The Labute approximate surface area is 52.4 Å². The van der Waals surface area contributed by atoms with Crippen molar-refractivity contribution < 1.29 is 20.4 Å². The maximum Gasteiger partial charge on any atom is 0.180 e. The fourth-order valence-corrected chi connectivity index (χ4v) is 0.338. The summed E-state index contributed by atoms with van der Waals surface area (Å²) in [5.41, 5.74) is 4.88.